The quantitative estimate of drug-likeness (QED) is 0.802. The van der Waals surface area contributed by atoms with Gasteiger partial charge in [0.1, 0.15) is 6.61 Å². The molecule has 0 aromatic heterocycles. The van der Waals surface area contributed by atoms with Crippen molar-refractivity contribution in [3.63, 3.8) is 0 Å². The summed E-state index contributed by atoms with van der Waals surface area (Å²) in [6.45, 7) is 3.52. The van der Waals surface area contributed by atoms with Gasteiger partial charge in [-0.2, -0.15) is 0 Å². The van der Waals surface area contributed by atoms with E-state index in [9.17, 15) is 13.6 Å². The summed E-state index contributed by atoms with van der Waals surface area (Å²) in [5, 5.41) is 3.00. The zero-order chi connectivity index (χ0) is 18.4. The number of likely N-dealkylation sites (tertiary alicyclic amines) is 1. The lowest BCUT2D eigenvalue weighted by Crippen LogP contribution is -2.45. The van der Waals surface area contributed by atoms with Gasteiger partial charge < -0.3 is 14.8 Å². The van der Waals surface area contributed by atoms with Gasteiger partial charge in [-0.15, -0.1) is 0 Å². The molecule has 1 amide bonds. The Labute approximate surface area is 152 Å². The van der Waals surface area contributed by atoms with Gasteiger partial charge in [-0.25, -0.2) is 8.78 Å². The van der Waals surface area contributed by atoms with Crippen LogP contribution in [0.3, 0.4) is 0 Å². The molecule has 1 aromatic rings. The molecule has 0 saturated carbocycles. The van der Waals surface area contributed by atoms with Crippen molar-refractivity contribution in [1.82, 2.24) is 10.2 Å². The number of nitrogens with zero attached hydrogens (tertiary/aromatic N) is 1. The van der Waals surface area contributed by atoms with Gasteiger partial charge in [0.05, 0.1) is 12.7 Å². The van der Waals surface area contributed by atoms with E-state index in [1.54, 1.807) is 6.07 Å². The first kappa shape index (κ1) is 19.2. The highest BCUT2D eigenvalue weighted by Crippen LogP contribution is 2.16. The Morgan fingerprint density at radius 2 is 2.04 bits per heavy atom. The number of piperidine rings is 1. The Morgan fingerprint density at radius 1 is 1.23 bits per heavy atom. The van der Waals surface area contributed by atoms with E-state index in [0.29, 0.717) is 13.2 Å². The highest BCUT2D eigenvalue weighted by molar-refractivity contribution is 5.77. The summed E-state index contributed by atoms with van der Waals surface area (Å²) < 4.78 is 37.1. The first-order valence-corrected chi connectivity index (χ1v) is 9.25. The van der Waals surface area contributed by atoms with Crippen LogP contribution in [0.1, 0.15) is 31.2 Å². The number of ether oxygens (including phenoxy) is 2. The van der Waals surface area contributed by atoms with E-state index in [1.165, 1.54) is 6.07 Å². The fraction of sp³-hybridized carbons (Fsp3) is 0.632. The number of hydrogen-bond acceptors (Lipinski definition) is 4. The molecule has 1 atom stereocenters. The molecule has 2 saturated heterocycles. The molecule has 0 aliphatic carbocycles. The SMILES string of the molecule is O=C(COC[C@@H]1CCCO1)NC1CCN(Cc2ccc(F)c(F)c2)CC1. The van der Waals surface area contributed by atoms with Crippen LogP contribution in [0.25, 0.3) is 0 Å². The number of benzene rings is 1. The second kappa shape index (κ2) is 9.39. The molecule has 1 N–H and O–H groups in total. The Balaban J connectivity index is 1.32. The van der Waals surface area contributed by atoms with Gasteiger partial charge in [0.25, 0.3) is 0 Å². The molecule has 2 aliphatic heterocycles. The minimum absolute atomic E-state index is 0.0644. The fourth-order valence-electron chi connectivity index (χ4n) is 3.46. The lowest BCUT2D eigenvalue weighted by atomic mass is 10.0. The van der Waals surface area contributed by atoms with E-state index in [4.69, 9.17) is 9.47 Å². The minimum atomic E-state index is -0.822. The molecule has 1 aromatic carbocycles. The zero-order valence-electron chi connectivity index (χ0n) is 14.9. The van der Waals surface area contributed by atoms with E-state index < -0.39 is 11.6 Å². The minimum Gasteiger partial charge on any atom is -0.376 e. The van der Waals surface area contributed by atoms with Crippen molar-refractivity contribution in [1.29, 1.82) is 0 Å². The largest absolute Gasteiger partial charge is 0.376 e. The number of hydrogen-bond donors (Lipinski definition) is 1. The number of rotatable bonds is 7. The number of halogens is 2. The summed E-state index contributed by atoms with van der Waals surface area (Å²) in [7, 11) is 0. The Kier molecular flexibility index (Phi) is 6.93. The van der Waals surface area contributed by atoms with Crippen LogP contribution in [-0.2, 0) is 20.8 Å². The Bertz CT molecular complexity index is 600. The van der Waals surface area contributed by atoms with Gasteiger partial charge in [-0.3, -0.25) is 9.69 Å². The third kappa shape index (κ3) is 5.72. The molecule has 5 nitrogen and oxygen atoms in total. The second-order valence-corrected chi connectivity index (χ2v) is 7.02. The molecule has 2 heterocycles. The van der Waals surface area contributed by atoms with Crippen molar-refractivity contribution in [2.24, 2.45) is 0 Å². The molecule has 144 valence electrons. The highest BCUT2D eigenvalue weighted by Gasteiger charge is 2.21. The summed E-state index contributed by atoms with van der Waals surface area (Å²) >= 11 is 0. The van der Waals surface area contributed by atoms with Gasteiger partial charge in [-0.1, -0.05) is 6.07 Å². The fourth-order valence-corrected chi connectivity index (χ4v) is 3.46. The summed E-state index contributed by atoms with van der Waals surface area (Å²) in [5.41, 5.74) is 0.758. The maximum Gasteiger partial charge on any atom is 0.246 e. The van der Waals surface area contributed by atoms with Crippen LogP contribution in [0.5, 0.6) is 0 Å². The molecular weight excluding hydrogens is 342 g/mol. The predicted octanol–water partition coefficient (Wildman–Crippen LogP) is 2.24. The van der Waals surface area contributed by atoms with Crippen LogP contribution in [-0.4, -0.2) is 55.9 Å². The van der Waals surface area contributed by atoms with Crippen LogP contribution in [0.15, 0.2) is 18.2 Å². The van der Waals surface area contributed by atoms with Crippen molar-refractivity contribution in [3.05, 3.63) is 35.4 Å². The number of carbonyl (C=O) groups is 1. The van der Waals surface area contributed by atoms with Crippen molar-refractivity contribution < 1.29 is 23.0 Å². The van der Waals surface area contributed by atoms with Crippen LogP contribution in [0.2, 0.25) is 0 Å². The molecule has 26 heavy (non-hydrogen) atoms. The van der Waals surface area contributed by atoms with Crippen molar-refractivity contribution >= 4 is 5.91 Å². The summed E-state index contributed by atoms with van der Waals surface area (Å²) in [5.74, 6) is -1.73. The second-order valence-electron chi connectivity index (χ2n) is 7.02. The van der Waals surface area contributed by atoms with E-state index >= 15 is 0 Å². The zero-order valence-corrected chi connectivity index (χ0v) is 14.9. The van der Waals surface area contributed by atoms with Gasteiger partial charge in [0.2, 0.25) is 5.91 Å². The van der Waals surface area contributed by atoms with Crippen LogP contribution >= 0.6 is 0 Å². The molecule has 2 fully saturated rings. The standard InChI is InChI=1S/C19H26F2N2O3/c20-17-4-3-14(10-18(17)21)11-23-7-5-15(6-8-23)22-19(24)13-25-12-16-2-1-9-26-16/h3-4,10,15-16H,1-2,5-9,11-13H2,(H,22,24)/t16-/m0/s1. The third-order valence-corrected chi connectivity index (χ3v) is 4.90. The highest BCUT2D eigenvalue weighted by atomic mass is 19.2. The average molecular weight is 368 g/mol. The molecule has 0 unspecified atom stereocenters. The van der Waals surface area contributed by atoms with Gasteiger partial charge in [-0.05, 0) is 43.4 Å². The van der Waals surface area contributed by atoms with Crippen molar-refractivity contribution in [2.45, 2.75) is 44.4 Å². The van der Waals surface area contributed by atoms with Crippen LogP contribution < -0.4 is 5.32 Å². The molecule has 0 radical (unpaired) electrons. The topological polar surface area (TPSA) is 50.8 Å². The molecular formula is C19H26F2N2O3. The maximum absolute atomic E-state index is 13.3. The van der Waals surface area contributed by atoms with Crippen LogP contribution in [0.4, 0.5) is 8.78 Å². The van der Waals surface area contributed by atoms with E-state index in [1.807, 2.05) is 0 Å². The molecule has 2 aliphatic rings. The predicted molar refractivity (Wildman–Crippen MR) is 92.6 cm³/mol. The number of carbonyl (C=O) groups excluding carboxylic acids is 1. The summed E-state index contributed by atoms with van der Waals surface area (Å²) in [6.07, 6.45) is 3.85. The van der Waals surface area contributed by atoms with Gasteiger partial charge >= 0.3 is 0 Å². The lowest BCUT2D eigenvalue weighted by Gasteiger charge is -2.32. The smallest absolute Gasteiger partial charge is 0.246 e. The summed E-state index contributed by atoms with van der Waals surface area (Å²) in [6, 6.07) is 4.15. The Morgan fingerprint density at radius 3 is 2.73 bits per heavy atom. The average Bonchev–Trinajstić information content (AvgIpc) is 3.13. The maximum atomic E-state index is 13.3. The Hall–Kier alpha value is -1.57. The first-order chi connectivity index (χ1) is 12.6. The van der Waals surface area contributed by atoms with E-state index in [2.05, 4.69) is 10.2 Å². The monoisotopic (exact) mass is 368 g/mol. The molecule has 3 rings (SSSR count). The first-order valence-electron chi connectivity index (χ1n) is 9.25. The van der Waals surface area contributed by atoms with E-state index in [-0.39, 0.29) is 24.7 Å². The number of nitrogens with one attached hydrogen (secondary N) is 1. The van der Waals surface area contributed by atoms with Gasteiger partial charge in [0, 0.05) is 32.3 Å². The number of amides is 1. The normalized spacial score (nSPS) is 21.8. The lowest BCUT2D eigenvalue weighted by molar-refractivity contribution is -0.127. The van der Waals surface area contributed by atoms with Crippen molar-refractivity contribution in [2.75, 3.05) is 32.9 Å². The molecule has 7 heteroatoms. The molecule has 0 bridgehead atoms. The van der Waals surface area contributed by atoms with E-state index in [0.717, 1.165) is 57.0 Å². The van der Waals surface area contributed by atoms with Crippen LogP contribution in [0, 0.1) is 11.6 Å². The molecule has 0 spiro atoms. The third-order valence-electron chi connectivity index (χ3n) is 4.90. The summed E-state index contributed by atoms with van der Waals surface area (Å²) in [4.78, 5) is 14.1. The van der Waals surface area contributed by atoms with Gasteiger partial charge in [0.15, 0.2) is 11.6 Å². The van der Waals surface area contributed by atoms with Crippen molar-refractivity contribution in [3.8, 4) is 0 Å².